The van der Waals surface area contributed by atoms with Crippen molar-refractivity contribution in [2.75, 3.05) is 11.4 Å². The lowest BCUT2D eigenvalue weighted by Gasteiger charge is -2.23. The number of hydrogen-bond acceptors (Lipinski definition) is 5. The maximum absolute atomic E-state index is 13.0. The van der Waals surface area contributed by atoms with Crippen LogP contribution in [-0.2, 0) is 4.79 Å². The van der Waals surface area contributed by atoms with Gasteiger partial charge in [0.25, 0.3) is 5.91 Å². The van der Waals surface area contributed by atoms with Crippen LogP contribution in [0.5, 0.6) is 0 Å². The van der Waals surface area contributed by atoms with Crippen molar-refractivity contribution in [1.29, 1.82) is 0 Å². The smallest absolute Gasteiger partial charge is 0.266 e. The predicted molar refractivity (Wildman–Crippen MR) is 112 cm³/mol. The highest BCUT2D eigenvalue weighted by Crippen LogP contribution is 2.27. The van der Waals surface area contributed by atoms with Crippen molar-refractivity contribution < 1.29 is 9.59 Å². The van der Waals surface area contributed by atoms with Crippen molar-refractivity contribution in [2.24, 2.45) is 10.7 Å². The SMILES string of the molecule is Cc1ccc(C(=O)CN2C(=O)[C@@H](N)N=C(c3ccccn3)c3ccccc32)cc1. The summed E-state index contributed by atoms with van der Waals surface area (Å²) in [6.07, 6.45) is 0.544. The number of amides is 1. The lowest BCUT2D eigenvalue weighted by Crippen LogP contribution is -2.44. The van der Waals surface area contributed by atoms with E-state index in [1.54, 1.807) is 24.4 Å². The Morgan fingerprint density at radius 3 is 2.48 bits per heavy atom. The number of para-hydroxylation sites is 1. The molecule has 2 heterocycles. The topological polar surface area (TPSA) is 88.7 Å². The van der Waals surface area contributed by atoms with E-state index in [-0.39, 0.29) is 12.3 Å². The first-order chi connectivity index (χ1) is 14.0. The second kappa shape index (κ2) is 7.77. The van der Waals surface area contributed by atoms with Crippen molar-refractivity contribution in [3.05, 3.63) is 95.3 Å². The number of ketones is 1. The van der Waals surface area contributed by atoms with Crippen LogP contribution in [0.3, 0.4) is 0 Å². The number of hydrogen-bond donors (Lipinski definition) is 1. The van der Waals surface area contributed by atoms with Gasteiger partial charge in [-0.2, -0.15) is 0 Å². The number of carbonyl (C=O) groups excluding carboxylic acids is 2. The van der Waals surface area contributed by atoms with Gasteiger partial charge in [-0.25, -0.2) is 0 Å². The normalized spacial score (nSPS) is 16.1. The summed E-state index contributed by atoms with van der Waals surface area (Å²) in [6.45, 7) is 1.84. The van der Waals surface area contributed by atoms with Crippen molar-refractivity contribution >= 4 is 23.1 Å². The lowest BCUT2D eigenvalue weighted by atomic mass is 10.0. The van der Waals surface area contributed by atoms with Gasteiger partial charge in [0.05, 0.1) is 23.6 Å². The number of aryl methyl sites for hydroxylation is 1. The summed E-state index contributed by atoms with van der Waals surface area (Å²) in [5.41, 5.74) is 10.2. The molecule has 6 nitrogen and oxygen atoms in total. The molecule has 0 saturated carbocycles. The van der Waals surface area contributed by atoms with E-state index in [4.69, 9.17) is 5.73 Å². The Kier molecular flexibility index (Phi) is 5.01. The molecule has 1 atom stereocenters. The molecule has 1 aliphatic rings. The van der Waals surface area contributed by atoms with Crippen LogP contribution in [0.1, 0.15) is 27.2 Å². The summed E-state index contributed by atoms with van der Waals surface area (Å²) in [7, 11) is 0. The van der Waals surface area contributed by atoms with Gasteiger partial charge in [0, 0.05) is 17.3 Å². The highest BCUT2D eigenvalue weighted by atomic mass is 16.2. The molecule has 6 heteroatoms. The van der Waals surface area contributed by atoms with Gasteiger partial charge >= 0.3 is 0 Å². The number of fused-ring (bicyclic) bond motifs is 1. The number of Topliss-reactive ketones (excluding diaryl/α,β-unsaturated/α-hetero) is 1. The summed E-state index contributed by atoms with van der Waals surface area (Å²) in [4.78, 5) is 36.1. The fourth-order valence-corrected chi connectivity index (χ4v) is 3.30. The van der Waals surface area contributed by atoms with Gasteiger partial charge in [-0.05, 0) is 25.1 Å². The van der Waals surface area contributed by atoms with Gasteiger partial charge in [-0.3, -0.25) is 19.6 Å². The van der Waals surface area contributed by atoms with Gasteiger partial charge in [-0.1, -0.05) is 54.1 Å². The van der Waals surface area contributed by atoms with E-state index in [1.807, 2.05) is 55.5 Å². The Bertz CT molecular complexity index is 1090. The number of rotatable bonds is 4. The van der Waals surface area contributed by atoms with Crippen molar-refractivity contribution in [2.45, 2.75) is 13.1 Å². The Morgan fingerprint density at radius 1 is 1.03 bits per heavy atom. The minimum absolute atomic E-state index is 0.113. The first-order valence-corrected chi connectivity index (χ1v) is 9.30. The molecule has 0 bridgehead atoms. The van der Waals surface area contributed by atoms with Gasteiger partial charge in [0.2, 0.25) is 0 Å². The van der Waals surface area contributed by atoms with Gasteiger partial charge < -0.3 is 10.6 Å². The van der Waals surface area contributed by atoms with Gasteiger partial charge in [0.1, 0.15) is 0 Å². The van der Waals surface area contributed by atoms with Crippen LogP contribution in [0.25, 0.3) is 0 Å². The van der Waals surface area contributed by atoms with Crippen LogP contribution in [0.4, 0.5) is 5.69 Å². The zero-order chi connectivity index (χ0) is 20.4. The molecule has 0 radical (unpaired) electrons. The molecule has 2 aromatic carbocycles. The monoisotopic (exact) mass is 384 g/mol. The third-order valence-corrected chi connectivity index (χ3v) is 4.82. The number of carbonyl (C=O) groups is 2. The van der Waals surface area contributed by atoms with E-state index in [2.05, 4.69) is 9.98 Å². The van der Waals surface area contributed by atoms with Crippen LogP contribution in [0, 0.1) is 6.92 Å². The first kappa shape index (κ1) is 18.7. The summed E-state index contributed by atoms with van der Waals surface area (Å²) in [6, 6.07) is 20.1. The largest absolute Gasteiger partial charge is 0.302 e. The van der Waals surface area contributed by atoms with Crippen LogP contribution >= 0.6 is 0 Å². The Labute approximate surface area is 168 Å². The fraction of sp³-hybridized carbons (Fsp3) is 0.130. The predicted octanol–water partition coefficient (Wildman–Crippen LogP) is 2.74. The molecule has 0 saturated heterocycles. The second-order valence-electron chi connectivity index (χ2n) is 6.87. The highest BCUT2D eigenvalue weighted by Gasteiger charge is 2.31. The number of nitrogens with zero attached hydrogens (tertiary/aromatic N) is 3. The number of aliphatic imine (C=N–C) groups is 1. The number of pyridine rings is 1. The van der Waals surface area contributed by atoms with Crippen LogP contribution < -0.4 is 10.6 Å². The molecule has 0 spiro atoms. The molecule has 4 rings (SSSR count). The first-order valence-electron chi connectivity index (χ1n) is 9.30. The Morgan fingerprint density at radius 2 is 1.76 bits per heavy atom. The molecule has 3 aromatic rings. The van der Waals surface area contributed by atoms with E-state index in [9.17, 15) is 9.59 Å². The number of anilines is 1. The molecular formula is C23H20N4O2. The van der Waals surface area contributed by atoms with E-state index in [0.29, 0.717) is 28.2 Å². The highest BCUT2D eigenvalue weighted by molar-refractivity contribution is 6.20. The molecule has 0 aliphatic carbocycles. The number of nitrogens with two attached hydrogens (primary N) is 1. The lowest BCUT2D eigenvalue weighted by molar-refractivity contribution is -0.119. The molecule has 1 aromatic heterocycles. The van der Waals surface area contributed by atoms with Gasteiger partial charge in [-0.15, -0.1) is 0 Å². The molecule has 144 valence electrons. The average Bonchev–Trinajstić information content (AvgIpc) is 2.85. The number of benzene rings is 2. The molecular weight excluding hydrogens is 364 g/mol. The van der Waals surface area contributed by atoms with Crippen molar-refractivity contribution in [3.8, 4) is 0 Å². The summed E-state index contributed by atoms with van der Waals surface area (Å²) in [5, 5.41) is 0. The summed E-state index contributed by atoms with van der Waals surface area (Å²) < 4.78 is 0. The van der Waals surface area contributed by atoms with Crippen LogP contribution in [0.2, 0.25) is 0 Å². The molecule has 2 N–H and O–H groups in total. The minimum atomic E-state index is -1.12. The van der Waals surface area contributed by atoms with E-state index in [1.165, 1.54) is 4.90 Å². The second-order valence-corrected chi connectivity index (χ2v) is 6.87. The van der Waals surface area contributed by atoms with Gasteiger partial charge in [0.15, 0.2) is 11.9 Å². The zero-order valence-corrected chi connectivity index (χ0v) is 15.9. The molecule has 1 aliphatic heterocycles. The van der Waals surface area contributed by atoms with Crippen LogP contribution in [-0.4, -0.2) is 35.1 Å². The maximum Gasteiger partial charge on any atom is 0.266 e. The summed E-state index contributed by atoms with van der Waals surface area (Å²) >= 11 is 0. The molecule has 1 amide bonds. The standard InChI is InChI=1S/C23H20N4O2/c1-15-9-11-16(12-10-15)20(28)14-27-19-8-3-2-6-17(19)21(26-22(24)23(27)29)18-7-4-5-13-25-18/h2-13,22H,14,24H2,1H3/t22-/m0/s1. The third kappa shape index (κ3) is 3.70. The number of aromatic nitrogens is 1. The molecule has 0 unspecified atom stereocenters. The van der Waals surface area contributed by atoms with E-state index >= 15 is 0 Å². The quantitative estimate of drug-likeness (QED) is 0.701. The maximum atomic E-state index is 13.0. The molecule has 29 heavy (non-hydrogen) atoms. The average molecular weight is 384 g/mol. The van der Waals surface area contributed by atoms with Crippen LogP contribution in [0.15, 0.2) is 77.9 Å². The fourth-order valence-electron chi connectivity index (χ4n) is 3.30. The Balaban J connectivity index is 1.76. The summed E-state index contributed by atoms with van der Waals surface area (Å²) in [5.74, 6) is -0.592. The number of benzodiazepines with no additional fused rings is 1. The van der Waals surface area contributed by atoms with E-state index < -0.39 is 12.1 Å². The van der Waals surface area contributed by atoms with E-state index in [0.717, 1.165) is 5.56 Å². The molecule has 0 fully saturated rings. The van der Waals surface area contributed by atoms with Crippen molar-refractivity contribution in [3.63, 3.8) is 0 Å². The zero-order valence-electron chi connectivity index (χ0n) is 15.9. The third-order valence-electron chi connectivity index (χ3n) is 4.82. The Hall–Kier alpha value is -3.64. The minimum Gasteiger partial charge on any atom is -0.302 e. The van der Waals surface area contributed by atoms with Crippen molar-refractivity contribution in [1.82, 2.24) is 4.98 Å².